The van der Waals surface area contributed by atoms with Gasteiger partial charge in [0.2, 0.25) is 0 Å². The van der Waals surface area contributed by atoms with Crippen LogP contribution in [0.25, 0.3) is 0 Å². The van der Waals surface area contributed by atoms with Gasteiger partial charge in [0.15, 0.2) is 11.6 Å². The zero-order chi connectivity index (χ0) is 14.5. The Hall–Kier alpha value is -1.18. The number of rotatable bonds is 1. The maximum Gasteiger partial charge on any atom is 0.163 e. The molecule has 2 nitrogen and oxygen atoms in total. The zero-order valence-corrected chi connectivity index (χ0v) is 12.7. The minimum Gasteiger partial charge on any atom is -0.294 e. The first-order chi connectivity index (χ1) is 9.48. The molecule has 3 rings (SSSR count). The summed E-state index contributed by atoms with van der Waals surface area (Å²) in [6.45, 7) is 6.02. The molecule has 3 atom stereocenters. The molecule has 0 saturated heterocycles. The van der Waals surface area contributed by atoms with E-state index in [1.807, 2.05) is 6.92 Å². The van der Waals surface area contributed by atoms with Crippen LogP contribution in [0.3, 0.4) is 0 Å². The lowest BCUT2D eigenvalue weighted by molar-refractivity contribution is -0.143. The summed E-state index contributed by atoms with van der Waals surface area (Å²) in [5, 5.41) is 0. The fourth-order valence-electron chi connectivity index (χ4n) is 4.68. The van der Waals surface area contributed by atoms with Crippen molar-refractivity contribution < 1.29 is 9.59 Å². The quantitative estimate of drug-likeness (QED) is 0.679. The van der Waals surface area contributed by atoms with Crippen LogP contribution in [0.2, 0.25) is 0 Å². The van der Waals surface area contributed by atoms with Gasteiger partial charge in [0.25, 0.3) is 0 Å². The average Bonchev–Trinajstić information content (AvgIpc) is 2.43. The standard InChI is InChI=1S/C18H24O2/c1-11(2)18-9-8-13-6-4-5-7-14(13)16(18)17(20)12(3)10-15(18)19/h8,10-11,14,16H,4-7,9H2,1-3H3/t14-,16+,18+/m0/s1. The molecule has 3 aliphatic carbocycles. The van der Waals surface area contributed by atoms with Gasteiger partial charge in [-0.2, -0.15) is 0 Å². The number of allylic oxidation sites excluding steroid dienone is 4. The molecule has 1 saturated carbocycles. The molecule has 0 spiro atoms. The number of Topliss-reactive ketones (excluding diaryl/α,β-unsaturated/α-hetero) is 1. The van der Waals surface area contributed by atoms with Gasteiger partial charge in [0.1, 0.15) is 0 Å². The van der Waals surface area contributed by atoms with Crippen molar-refractivity contribution in [1.29, 1.82) is 0 Å². The van der Waals surface area contributed by atoms with Crippen molar-refractivity contribution in [2.75, 3.05) is 0 Å². The highest BCUT2D eigenvalue weighted by Gasteiger charge is 2.57. The highest BCUT2D eigenvalue weighted by atomic mass is 16.1. The number of carbonyl (C=O) groups is 2. The van der Waals surface area contributed by atoms with Crippen LogP contribution in [-0.4, -0.2) is 11.6 Å². The molecule has 0 heterocycles. The Morgan fingerprint density at radius 3 is 2.70 bits per heavy atom. The monoisotopic (exact) mass is 272 g/mol. The summed E-state index contributed by atoms with van der Waals surface area (Å²) in [5.74, 6) is 0.861. The second kappa shape index (κ2) is 4.68. The lowest BCUT2D eigenvalue weighted by Gasteiger charge is -2.51. The third-order valence-electron chi connectivity index (χ3n) is 5.87. The molecule has 3 aliphatic rings. The molecule has 1 fully saturated rings. The zero-order valence-electron chi connectivity index (χ0n) is 12.7. The maximum absolute atomic E-state index is 12.8. The van der Waals surface area contributed by atoms with E-state index in [2.05, 4.69) is 19.9 Å². The molecular weight excluding hydrogens is 248 g/mol. The molecule has 0 N–H and O–H groups in total. The average molecular weight is 272 g/mol. The van der Waals surface area contributed by atoms with E-state index in [-0.39, 0.29) is 23.4 Å². The topological polar surface area (TPSA) is 34.1 Å². The summed E-state index contributed by atoms with van der Waals surface area (Å²) in [5.41, 5.74) is 1.65. The van der Waals surface area contributed by atoms with E-state index in [0.717, 1.165) is 19.3 Å². The van der Waals surface area contributed by atoms with Crippen molar-refractivity contribution in [2.45, 2.75) is 52.9 Å². The van der Waals surface area contributed by atoms with E-state index in [0.29, 0.717) is 11.5 Å². The van der Waals surface area contributed by atoms with Gasteiger partial charge >= 0.3 is 0 Å². The van der Waals surface area contributed by atoms with Gasteiger partial charge in [-0.25, -0.2) is 0 Å². The molecule has 0 unspecified atom stereocenters. The number of fused-ring (bicyclic) bond motifs is 3. The van der Waals surface area contributed by atoms with Gasteiger partial charge in [0, 0.05) is 11.3 Å². The summed E-state index contributed by atoms with van der Waals surface area (Å²) >= 11 is 0. The first kappa shape index (κ1) is 13.8. The summed E-state index contributed by atoms with van der Waals surface area (Å²) in [6.07, 6.45) is 9.30. The third-order valence-corrected chi connectivity index (χ3v) is 5.87. The second-order valence-corrected chi connectivity index (χ2v) is 7.06. The second-order valence-electron chi connectivity index (χ2n) is 7.06. The maximum atomic E-state index is 12.8. The van der Waals surface area contributed by atoms with Crippen molar-refractivity contribution >= 4 is 11.6 Å². The third kappa shape index (κ3) is 1.70. The first-order valence-corrected chi connectivity index (χ1v) is 7.94. The Bertz CT molecular complexity index is 524. The molecule has 2 heteroatoms. The van der Waals surface area contributed by atoms with Crippen molar-refractivity contribution in [3.05, 3.63) is 23.3 Å². The summed E-state index contributed by atoms with van der Waals surface area (Å²) in [7, 11) is 0. The summed E-state index contributed by atoms with van der Waals surface area (Å²) < 4.78 is 0. The minimum atomic E-state index is -0.470. The largest absolute Gasteiger partial charge is 0.294 e. The van der Waals surface area contributed by atoms with Crippen LogP contribution in [-0.2, 0) is 9.59 Å². The van der Waals surface area contributed by atoms with Crippen LogP contribution in [0.15, 0.2) is 23.3 Å². The van der Waals surface area contributed by atoms with Crippen LogP contribution < -0.4 is 0 Å². The smallest absolute Gasteiger partial charge is 0.163 e. The van der Waals surface area contributed by atoms with Crippen LogP contribution >= 0.6 is 0 Å². The Balaban J connectivity index is 2.15. The van der Waals surface area contributed by atoms with E-state index in [4.69, 9.17) is 0 Å². The van der Waals surface area contributed by atoms with Gasteiger partial charge in [0.05, 0.1) is 0 Å². The fraction of sp³-hybridized carbons (Fsp3) is 0.667. The van der Waals surface area contributed by atoms with E-state index in [1.165, 1.54) is 18.4 Å². The molecule has 108 valence electrons. The van der Waals surface area contributed by atoms with E-state index < -0.39 is 5.41 Å². The summed E-state index contributed by atoms with van der Waals surface area (Å²) in [4.78, 5) is 25.6. The van der Waals surface area contributed by atoms with Crippen LogP contribution in [0.1, 0.15) is 52.9 Å². The molecule has 0 amide bonds. The van der Waals surface area contributed by atoms with Gasteiger partial charge in [-0.05, 0) is 56.1 Å². The molecule has 0 radical (unpaired) electrons. The number of hydrogen-bond donors (Lipinski definition) is 0. The van der Waals surface area contributed by atoms with E-state index in [1.54, 1.807) is 6.08 Å². The van der Waals surface area contributed by atoms with Crippen molar-refractivity contribution in [1.82, 2.24) is 0 Å². The number of hydrogen-bond acceptors (Lipinski definition) is 2. The normalized spacial score (nSPS) is 37.2. The van der Waals surface area contributed by atoms with E-state index in [9.17, 15) is 9.59 Å². The van der Waals surface area contributed by atoms with Crippen molar-refractivity contribution in [3.8, 4) is 0 Å². The minimum absolute atomic E-state index is 0.0969. The fourth-order valence-corrected chi connectivity index (χ4v) is 4.68. The SMILES string of the molecule is CC1=CC(=O)[C@]2(C(C)C)CC=C3CCCC[C@@H]3[C@@H]2C1=O. The highest BCUT2D eigenvalue weighted by Crippen LogP contribution is 2.55. The van der Waals surface area contributed by atoms with Crippen molar-refractivity contribution in [3.63, 3.8) is 0 Å². The summed E-state index contributed by atoms with van der Waals surface area (Å²) in [6, 6.07) is 0. The van der Waals surface area contributed by atoms with Gasteiger partial charge in [-0.3, -0.25) is 9.59 Å². The highest BCUT2D eigenvalue weighted by molar-refractivity contribution is 6.12. The lowest BCUT2D eigenvalue weighted by atomic mass is 9.50. The van der Waals surface area contributed by atoms with Crippen LogP contribution in [0.4, 0.5) is 0 Å². The molecule has 20 heavy (non-hydrogen) atoms. The number of ketones is 2. The van der Waals surface area contributed by atoms with Gasteiger partial charge in [-0.1, -0.05) is 31.9 Å². The van der Waals surface area contributed by atoms with Gasteiger partial charge in [-0.15, -0.1) is 0 Å². The molecular formula is C18H24O2. The Morgan fingerprint density at radius 2 is 2.00 bits per heavy atom. The predicted octanol–water partition coefficient (Wildman–Crippen LogP) is 3.86. The predicted molar refractivity (Wildman–Crippen MR) is 79.2 cm³/mol. The first-order valence-electron chi connectivity index (χ1n) is 7.94. The van der Waals surface area contributed by atoms with Crippen LogP contribution in [0.5, 0.6) is 0 Å². The Labute approximate surface area is 121 Å². The molecule has 0 aromatic rings. The molecule has 0 aliphatic heterocycles. The number of carbonyl (C=O) groups excluding carboxylic acids is 2. The van der Waals surface area contributed by atoms with Crippen LogP contribution in [0, 0.1) is 23.2 Å². The Morgan fingerprint density at radius 1 is 1.25 bits per heavy atom. The molecule has 0 bridgehead atoms. The molecule has 0 aromatic heterocycles. The lowest BCUT2D eigenvalue weighted by Crippen LogP contribution is -2.54. The van der Waals surface area contributed by atoms with Crippen molar-refractivity contribution in [2.24, 2.45) is 23.2 Å². The Kier molecular flexibility index (Phi) is 3.23. The van der Waals surface area contributed by atoms with Gasteiger partial charge < -0.3 is 0 Å². The molecule has 0 aromatic carbocycles. The van der Waals surface area contributed by atoms with E-state index >= 15 is 0 Å².